The van der Waals surface area contributed by atoms with Gasteiger partial charge in [-0.05, 0) is 12.3 Å². The van der Waals surface area contributed by atoms with Crippen molar-refractivity contribution in [3.63, 3.8) is 0 Å². The monoisotopic (exact) mass is 246 g/mol. The molecule has 0 bridgehead atoms. The predicted octanol–water partition coefficient (Wildman–Crippen LogP) is 2.34. The van der Waals surface area contributed by atoms with Crippen molar-refractivity contribution < 1.29 is 9.90 Å². The maximum absolute atomic E-state index is 10.8. The summed E-state index contributed by atoms with van der Waals surface area (Å²) in [5.41, 5.74) is 0. The molecule has 4 nitrogen and oxygen atoms in total. The molecule has 1 N–H and O–H groups in total. The number of halogens is 1. The number of thiazole rings is 1. The topological polar surface area (TPSA) is 53.4 Å². The Bertz CT molecular complexity index is 393. The Balaban J connectivity index is 2.23. The smallest absolute Gasteiger partial charge is 0.349 e. The molecule has 0 aromatic carbocycles. The summed E-state index contributed by atoms with van der Waals surface area (Å²) in [6, 6.07) is 0. The molecule has 1 aromatic rings. The van der Waals surface area contributed by atoms with Crippen molar-refractivity contribution in [3.8, 4) is 0 Å². The Morgan fingerprint density at radius 3 is 2.93 bits per heavy atom. The fourth-order valence-corrected chi connectivity index (χ4v) is 2.83. The molecule has 0 spiro atoms. The van der Waals surface area contributed by atoms with Crippen molar-refractivity contribution in [1.82, 2.24) is 4.98 Å². The second-order valence-corrected chi connectivity index (χ2v) is 5.10. The maximum atomic E-state index is 10.8. The lowest BCUT2D eigenvalue weighted by Gasteiger charge is -2.12. The molecule has 82 valence electrons. The van der Waals surface area contributed by atoms with Crippen molar-refractivity contribution in [1.29, 1.82) is 0 Å². The zero-order chi connectivity index (χ0) is 11.0. The van der Waals surface area contributed by atoms with Crippen LogP contribution in [0.25, 0.3) is 0 Å². The average molecular weight is 247 g/mol. The fourth-order valence-electron chi connectivity index (χ4n) is 1.67. The lowest BCUT2D eigenvalue weighted by molar-refractivity contribution is 0.0702. The second kappa shape index (κ2) is 3.98. The average Bonchev–Trinajstić information content (AvgIpc) is 2.71. The zero-order valence-electron chi connectivity index (χ0n) is 8.23. The fraction of sp³-hybridized carbons (Fsp3) is 0.556. The number of hydrogen-bond acceptors (Lipinski definition) is 4. The van der Waals surface area contributed by atoms with Crippen molar-refractivity contribution >= 4 is 34.0 Å². The number of hydrogen-bond donors (Lipinski definition) is 1. The Morgan fingerprint density at radius 1 is 1.73 bits per heavy atom. The number of anilines is 1. The van der Waals surface area contributed by atoms with Crippen LogP contribution >= 0.6 is 22.9 Å². The number of carboxylic acids is 1. The van der Waals surface area contributed by atoms with E-state index in [-0.39, 0.29) is 10.0 Å². The highest BCUT2D eigenvalue weighted by molar-refractivity contribution is 7.18. The summed E-state index contributed by atoms with van der Waals surface area (Å²) < 4.78 is 0. The van der Waals surface area contributed by atoms with Gasteiger partial charge in [0.15, 0.2) is 15.2 Å². The number of rotatable bonds is 2. The standard InChI is InChI=1S/C9H11ClN2O2S/c1-5-2-3-12(4-5)9-11-7(10)6(15-9)8(13)14/h5H,2-4H2,1H3,(H,13,14). The van der Waals surface area contributed by atoms with Gasteiger partial charge in [-0.1, -0.05) is 29.9 Å². The lowest BCUT2D eigenvalue weighted by Crippen LogP contribution is -2.18. The summed E-state index contributed by atoms with van der Waals surface area (Å²) in [7, 11) is 0. The summed E-state index contributed by atoms with van der Waals surface area (Å²) >= 11 is 6.90. The molecule has 1 aliphatic heterocycles. The van der Waals surface area contributed by atoms with E-state index in [4.69, 9.17) is 16.7 Å². The SMILES string of the molecule is CC1CCN(c2nc(Cl)c(C(=O)O)s2)C1. The third-order valence-corrected chi connectivity index (χ3v) is 3.95. The van der Waals surface area contributed by atoms with Gasteiger partial charge in [-0.2, -0.15) is 0 Å². The van der Waals surface area contributed by atoms with Gasteiger partial charge < -0.3 is 10.0 Å². The number of aromatic carboxylic acids is 1. The summed E-state index contributed by atoms with van der Waals surface area (Å²) in [5.74, 6) is -0.364. The highest BCUT2D eigenvalue weighted by atomic mass is 35.5. The van der Waals surface area contributed by atoms with E-state index in [1.807, 2.05) is 0 Å². The van der Waals surface area contributed by atoms with Crippen LogP contribution in [0.4, 0.5) is 5.13 Å². The van der Waals surface area contributed by atoms with E-state index in [1.54, 1.807) is 0 Å². The van der Waals surface area contributed by atoms with Gasteiger partial charge in [0.1, 0.15) is 0 Å². The van der Waals surface area contributed by atoms with E-state index in [2.05, 4.69) is 16.8 Å². The quantitative estimate of drug-likeness (QED) is 0.870. The van der Waals surface area contributed by atoms with E-state index >= 15 is 0 Å². The van der Waals surface area contributed by atoms with Crippen molar-refractivity contribution in [3.05, 3.63) is 10.0 Å². The second-order valence-electron chi connectivity index (χ2n) is 3.76. The van der Waals surface area contributed by atoms with Gasteiger partial charge in [-0.15, -0.1) is 0 Å². The molecule has 1 aliphatic rings. The van der Waals surface area contributed by atoms with Gasteiger partial charge in [0.2, 0.25) is 0 Å². The van der Waals surface area contributed by atoms with Gasteiger partial charge in [-0.3, -0.25) is 0 Å². The first-order chi connectivity index (χ1) is 7.08. The molecular formula is C9H11ClN2O2S. The molecule has 1 unspecified atom stereocenters. The van der Waals surface area contributed by atoms with Crippen LogP contribution < -0.4 is 4.90 Å². The van der Waals surface area contributed by atoms with Crippen LogP contribution in [0.1, 0.15) is 23.0 Å². The van der Waals surface area contributed by atoms with Gasteiger partial charge in [0.25, 0.3) is 0 Å². The first-order valence-electron chi connectivity index (χ1n) is 4.72. The van der Waals surface area contributed by atoms with Crippen molar-refractivity contribution in [2.24, 2.45) is 5.92 Å². The molecule has 15 heavy (non-hydrogen) atoms. The van der Waals surface area contributed by atoms with Crippen molar-refractivity contribution in [2.45, 2.75) is 13.3 Å². The highest BCUT2D eigenvalue weighted by Crippen LogP contribution is 2.32. The molecule has 0 amide bonds. The van der Waals surface area contributed by atoms with Gasteiger partial charge in [-0.25, -0.2) is 9.78 Å². The Hall–Kier alpha value is -0.810. The molecule has 0 saturated carbocycles. The van der Waals surface area contributed by atoms with E-state index in [0.717, 1.165) is 36.0 Å². The third-order valence-electron chi connectivity index (χ3n) is 2.46. The molecule has 0 aliphatic carbocycles. The van der Waals surface area contributed by atoms with Crippen LogP contribution in [0.3, 0.4) is 0 Å². The largest absolute Gasteiger partial charge is 0.477 e. The normalized spacial score (nSPS) is 20.9. The van der Waals surface area contributed by atoms with Gasteiger partial charge in [0.05, 0.1) is 0 Å². The Kier molecular flexibility index (Phi) is 2.84. The van der Waals surface area contributed by atoms with Crippen LogP contribution in [0.15, 0.2) is 0 Å². The highest BCUT2D eigenvalue weighted by Gasteiger charge is 2.24. The van der Waals surface area contributed by atoms with Crippen LogP contribution in [0.2, 0.25) is 5.15 Å². The molecule has 0 radical (unpaired) electrons. The van der Waals surface area contributed by atoms with Crippen LogP contribution in [-0.2, 0) is 0 Å². The van der Waals surface area contributed by atoms with E-state index in [1.165, 1.54) is 0 Å². The van der Waals surface area contributed by atoms with E-state index < -0.39 is 5.97 Å². The van der Waals surface area contributed by atoms with Gasteiger partial charge >= 0.3 is 5.97 Å². The molecule has 1 fully saturated rings. The predicted molar refractivity (Wildman–Crippen MR) is 60.1 cm³/mol. The Labute approximate surface area is 96.5 Å². The summed E-state index contributed by atoms with van der Waals surface area (Å²) in [4.78, 5) is 17.1. The minimum Gasteiger partial charge on any atom is -0.477 e. The molecular weight excluding hydrogens is 236 g/mol. The lowest BCUT2D eigenvalue weighted by atomic mass is 10.2. The molecule has 6 heteroatoms. The molecule has 1 atom stereocenters. The van der Waals surface area contributed by atoms with Gasteiger partial charge in [0, 0.05) is 13.1 Å². The summed E-state index contributed by atoms with van der Waals surface area (Å²) in [6.45, 7) is 4.04. The molecule has 1 aromatic heterocycles. The van der Waals surface area contributed by atoms with Crippen LogP contribution in [0, 0.1) is 5.92 Å². The maximum Gasteiger partial charge on any atom is 0.349 e. The molecule has 1 saturated heterocycles. The summed E-state index contributed by atoms with van der Waals surface area (Å²) in [6.07, 6.45) is 1.12. The minimum atomic E-state index is -1.00. The van der Waals surface area contributed by atoms with Crippen LogP contribution in [0.5, 0.6) is 0 Å². The van der Waals surface area contributed by atoms with E-state index in [0.29, 0.717) is 5.92 Å². The van der Waals surface area contributed by atoms with E-state index in [9.17, 15) is 4.79 Å². The third kappa shape index (κ3) is 2.08. The number of nitrogens with zero attached hydrogens (tertiary/aromatic N) is 2. The number of carbonyl (C=O) groups is 1. The molecule has 2 rings (SSSR count). The first kappa shape index (κ1) is 10.7. The first-order valence-corrected chi connectivity index (χ1v) is 5.92. The van der Waals surface area contributed by atoms with Crippen molar-refractivity contribution in [2.75, 3.05) is 18.0 Å². The number of carboxylic acid groups (broad SMARTS) is 1. The number of aromatic nitrogens is 1. The minimum absolute atomic E-state index is 0.0991. The molecule has 2 heterocycles. The summed E-state index contributed by atoms with van der Waals surface area (Å²) in [5, 5.41) is 9.66. The zero-order valence-corrected chi connectivity index (χ0v) is 9.81. The Morgan fingerprint density at radius 2 is 2.47 bits per heavy atom. The van der Waals surface area contributed by atoms with Crippen LogP contribution in [-0.4, -0.2) is 29.1 Å².